The topological polar surface area (TPSA) is 97.2 Å². The first-order valence-electron chi connectivity index (χ1n) is 12.5. The molecule has 0 radical (unpaired) electrons. The minimum absolute atomic E-state index is 0.256. The lowest BCUT2D eigenvalue weighted by molar-refractivity contribution is 0.119. The Bertz CT molecular complexity index is 503. The molecule has 0 saturated heterocycles. The molecule has 6 heteroatoms. The predicted octanol–water partition coefficient (Wildman–Crippen LogP) is 4.76. The van der Waals surface area contributed by atoms with Crippen LogP contribution in [0.15, 0.2) is 6.20 Å². The lowest BCUT2D eigenvalue weighted by atomic mass is 9.97. The van der Waals surface area contributed by atoms with Crippen molar-refractivity contribution in [1.29, 1.82) is 0 Å². The van der Waals surface area contributed by atoms with Crippen LogP contribution in [0.4, 0.5) is 0 Å². The van der Waals surface area contributed by atoms with Crippen molar-refractivity contribution in [3.05, 3.63) is 11.9 Å². The summed E-state index contributed by atoms with van der Waals surface area (Å²) in [6.07, 6.45) is 23.8. The molecule has 0 unspecified atom stereocenters. The van der Waals surface area contributed by atoms with Crippen LogP contribution < -0.4 is 5.73 Å². The molecule has 6 nitrogen and oxygen atoms in total. The van der Waals surface area contributed by atoms with Crippen LogP contribution in [0.5, 0.6) is 0 Å². The van der Waals surface area contributed by atoms with Gasteiger partial charge in [0, 0.05) is 13.0 Å². The maximum atomic E-state index is 9.36. The summed E-state index contributed by atoms with van der Waals surface area (Å²) in [4.78, 5) is 0. The van der Waals surface area contributed by atoms with Gasteiger partial charge in [-0.3, -0.25) is 0 Å². The summed E-state index contributed by atoms with van der Waals surface area (Å²) in [6.45, 7) is 2.59. The largest absolute Gasteiger partial charge is 0.394 e. The molecule has 30 heavy (non-hydrogen) atoms. The van der Waals surface area contributed by atoms with Crippen molar-refractivity contribution in [2.45, 2.75) is 128 Å². The highest BCUT2D eigenvalue weighted by Crippen LogP contribution is 2.14. The number of unbranched alkanes of at least 4 members (excludes halogenated alkanes) is 15. The molecule has 0 amide bonds. The summed E-state index contributed by atoms with van der Waals surface area (Å²) >= 11 is 0. The molecule has 4 N–H and O–H groups in total. The van der Waals surface area contributed by atoms with Crippen molar-refractivity contribution < 1.29 is 10.2 Å². The molecule has 1 aromatic heterocycles. The molecule has 176 valence electrons. The van der Waals surface area contributed by atoms with Crippen LogP contribution in [-0.2, 0) is 13.0 Å². The van der Waals surface area contributed by atoms with Crippen LogP contribution in [0.3, 0.4) is 0 Å². The molecule has 1 aromatic rings. The van der Waals surface area contributed by atoms with Crippen LogP contribution >= 0.6 is 0 Å². The Morgan fingerprint density at radius 2 is 1.20 bits per heavy atom. The van der Waals surface area contributed by atoms with Gasteiger partial charge in [-0.25, -0.2) is 4.68 Å². The fraction of sp³-hybridized carbons (Fsp3) is 0.917. The number of aryl methyl sites for hydroxylation is 1. The second-order valence-corrected chi connectivity index (χ2v) is 9.11. The van der Waals surface area contributed by atoms with Crippen LogP contribution in [0.25, 0.3) is 0 Å². The monoisotopic (exact) mass is 424 g/mol. The number of aliphatic hydroxyl groups excluding tert-OH is 2. The Morgan fingerprint density at radius 1 is 0.767 bits per heavy atom. The van der Waals surface area contributed by atoms with E-state index in [4.69, 9.17) is 5.73 Å². The van der Waals surface area contributed by atoms with Gasteiger partial charge >= 0.3 is 0 Å². The quantitative estimate of drug-likeness (QED) is 0.247. The van der Waals surface area contributed by atoms with Gasteiger partial charge < -0.3 is 15.9 Å². The Labute approximate surface area is 184 Å². The summed E-state index contributed by atoms with van der Waals surface area (Å²) in [5, 5.41) is 26.8. The van der Waals surface area contributed by atoms with E-state index in [0.717, 1.165) is 18.7 Å². The highest BCUT2D eigenvalue weighted by atomic mass is 16.3. The van der Waals surface area contributed by atoms with Crippen molar-refractivity contribution >= 4 is 0 Å². The zero-order chi connectivity index (χ0) is 21.9. The molecule has 1 heterocycles. The third kappa shape index (κ3) is 12.7. The average Bonchev–Trinajstić information content (AvgIpc) is 3.19. The lowest BCUT2D eigenvalue weighted by Gasteiger charge is -2.24. The predicted molar refractivity (Wildman–Crippen MR) is 124 cm³/mol. The molecule has 0 saturated carbocycles. The van der Waals surface area contributed by atoms with Gasteiger partial charge in [0.05, 0.1) is 30.6 Å². The summed E-state index contributed by atoms with van der Waals surface area (Å²) in [5.41, 5.74) is 5.85. The van der Waals surface area contributed by atoms with E-state index in [0.29, 0.717) is 6.42 Å². The fourth-order valence-electron chi connectivity index (χ4n) is 3.94. The maximum Gasteiger partial charge on any atom is 0.0725 e. The van der Waals surface area contributed by atoms with Crippen molar-refractivity contribution in [2.24, 2.45) is 5.73 Å². The third-order valence-corrected chi connectivity index (χ3v) is 6.08. The van der Waals surface area contributed by atoms with E-state index in [-0.39, 0.29) is 13.2 Å². The number of aliphatic hydroxyl groups is 2. The average molecular weight is 425 g/mol. The van der Waals surface area contributed by atoms with Gasteiger partial charge in [0.2, 0.25) is 0 Å². The molecule has 0 aromatic carbocycles. The number of nitrogens with zero attached hydrogens (tertiary/aromatic N) is 3. The van der Waals surface area contributed by atoms with Crippen LogP contribution in [0, 0.1) is 0 Å². The molecule has 0 aliphatic rings. The van der Waals surface area contributed by atoms with E-state index < -0.39 is 5.54 Å². The maximum absolute atomic E-state index is 9.36. The summed E-state index contributed by atoms with van der Waals surface area (Å²) in [7, 11) is 0. The van der Waals surface area contributed by atoms with Gasteiger partial charge in [-0.05, 0) is 6.42 Å². The van der Waals surface area contributed by atoms with Gasteiger partial charge in [0.1, 0.15) is 0 Å². The van der Waals surface area contributed by atoms with Crippen LogP contribution in [-0.4, -0.2) is 44.0 Å². The molecule has 0 aliphatic heterocycles. The second kappa shape index (κ2) is 17.7. The van der Waals surface area contributed by atoms with Gasteiger partial charge in [0.15, 0.2) is 0 Å². The van der Waals surface area contributed by atoms with E-state index >= 15 is 0 Å². The Hall–Kier alpha value is -0.980. The summed E-state index contributed by atoms with van der Waals surface area (Å²) in [6, 6.07) is 0. The Morgan fingerprint density at radius 3 is 1.63 bits per heavy atom. The first kappa shape index (κ1) is 27.1. The van der Waals surface area contributed by atoms with E-state index in [1.54, 1.807) is 6.20 Å². The van der Waals surface area contributed by atoms with E-state index in [9.17, 15) is 10.2 Å². The Balaban J connectivity index is 1.93. The first-order chi connectivity index (χ1) is 14.6. The highest BCUT2D eigenvalue weighted by Gasteiger charge is 2.25. The molecular weight excluding hydrogens is 376 g/mol. The van der Waals surface area contributed by atoms with Crippen molar-refractivity contribution in [2.75, 3.05) is 13.2 Å². The number of aromatic nitrogens is 3. The van der Waals surface area contributed by atoms with Gasteiger partial charge in [-0.15, -0.1) is 5.10 Å². The number of nitrogens with two attached hydrogens (primary N) is 1. The SMILES string of the molecule is CCCCCCCCCCCCCCCCCCn1nncc1CC(N)(CO)CO. The van der Waals surface area contributed by atoms with E-state index in [1.807, 2.05) is 4.68 Å². The molecule has 0 bridgehead atoms. The standard InChI is InChI=1S/C24H48N4O2/c1-2-3-4-5-6-7-8-9-10-11-12-13-14-15-16-17-18-28-23(20-26-27-28)19-24(25,21-29)22-30/h20,29-30H,2-19,21-22,25H2,1H3. The van der Waals surface area contributed by atoms with Crippen molar-refractivity contribution in [1.82, 2.24) is 15.0 Å². The summed E-state index contributed by atoms with van der Waals surface area (Å²) < 4.78 is 1.86. The van der Waals surface area contributed by atoms with Crippen LogP contribution in [0.2, 0.25) is 0 Å². The van der Waals surface area contributed by atoms with Gasteiger partial charge in [-0.2, -0.15) is 0 Å². The smallest absolute Gasteiger partial charge is 0.0725 e. The molecule has 0 spiro atoms. The van der Waals surface area contributed by atoms with Crippen LogP contribution in [0.1, 0.15) is 115 Å². The number of hydrogen-bond acceptors (Lipinski definition) is 5. The second-order valence-electron chi connectivity index (χ2n) is 9.11. The minimum atomic E-state index is -1.01. The van der Waals surface area contributed by atoms with Gasteiger partial charge in [-0.1, -0.05) is 108 Å². The molecular formula is C24H48N4O2. The molecule has 0 fully saturated rings. The zero-order valence-corrected chi connectivity index (χ0v) is 19.5. The number of hydrogen-bond donors (Lipinski definition) is 3. The Kier molecular flexibility index (Phi) is 15.9. The first-order valence-corrected chi connectivity index (χ1v) is 12.5. The number of rotatable bonds is 21. The highest BCUT2D eigenvalue weighted by molar-refractivity contribution is 5.03. The van der Waals surface area contributed by atoms with Gasteiger partial charge in [0.25, 0.3) is 0 Å². The lowest BCUT2D eigenvalue weighted by Crippen LogP contribution is -2.49. The summed E-state index contributed by atoms with van der Waals surface area (Å²) in [5.74, 6) is 0. The van der Waals surface area contributed by atoms with Crippen molar-refractivity contribution in [3.8, 4) is 0 Å². The normalized spacial score (nSPS) is 12.0. The van der Waals surface area contributed by atoms with E-state index in [2.05, 4.69) is 17.2 Å². The third-order valence-electron chi connectivity index (χ3n) is 6.08. The van der Waals surface area contributed by atoms with E-state index in [1.165, 1.54) is 96.3 Å². The molecule has 0 aliphatic carbocycles. The van der Waals surface area contributed by atoms with Crippen molar-refractivity contribution in [3.63, 3.8) is 0 Å². The molecule has 0 atom stereocenters. The zero-order valence-electron chi connectivity index (χ0n) is 19.5. The fourth-order valence-corrected chi connectivity index (χ4v) is 3.94. The minimum Gasteiger partial charge on any atom is -0.394 e. The molecule has 1 rings (SSSR count).